The first kappa shape index (κ1) is 80.4. The Bertz CT molecular complexity index is 5650. The number of halogens is 12. The molecule has 115 heavy (non-hydrogen) atoms. The Kier molecular flexibility index (Phi) is 20.7. The Hall–Kier alpha value is -11.2. The first-order valence-electron chi connectivity index (χ1n) is 37.6. The molecule has 2 fully saturated rings. The van der Waals surface area contributed by atoms with Crippen LogP contribution in [-0.4, -0.2) is 104 Å². The number of aromatic amines is 2. The van der Waals surface area contributed by atoms with Crippen molar-refractivity contribution < 1.29 is 90.9 Å². The summed E-state index contributed by atoms with van der Waals surface area (Å²) in [7, 11) is 2.43. The van der Waals surface area contributed by atoms with Crippen molar-refractivity contribution in [2.24, 2.45) is 55.5 Å². The van der Waals surface area contributed by atoms with Gasteiger partial charge in [0.25, 0.3) is 11.8 Å². The van der Waals surface area contributed by atoms with Gasteiger partial charge in [-0.2, -0.15) is 52.7 Å². The number of carbonyl (C=O) groups is 6. The van der Waals surface area contributed by atoms with E-state index >= 15 is 19.2 Å². The van der Waals surface area contributed by atoms with Crippen LogP contribution in [0.15, 0.2) is 153 Å². The summed E-state index contributed by atoms with van der Waals surface area (Å²) in [6.45, 7) is 16.5. The van der Waals surface area contributed by atoms with Gasteiger partial charge < -0.3 is 30.1 Å². The van der Waals surface area contributed by atoms with Gasteiger partial charge in [-0.05, 0) is 208 Å². The number of nitrogens with one attached hydrogen (secondary N) is 4. The van der Waals surface area contributed by atoms with Crippen molar-refractivity contribution in [3.8, 4) is 0 Å². The summed E-state index contributed by atoms with van der Waals surface area (Å²) in [4.78, 5) is 117. The molecule has 10 aliphatic rings. The number of rotatable bonds is 15. The number of alkyl halides is 12. The van der Waals surface area contributed by atoms with Crippen LogP contribution in [0.5, 0.6) is 0 Å². The number of amides is 4. The lowest BCUT2D eigenvalue weighted by Crippen LogP contribution is -2.54. The average molecular weight is 1600 g/mol. The Morgan fingerprint density at radius 1 is 0.504 bits per heavy atom. The molecule has 12 heterocycles. The van der Waals surface area contributed by atoms with Gasteiger partial charge >= 0.3 is 36.6 Å². The molecule has 0 radical (unpaired) electrons. The third kappa shape index (κ3) is 14.5. The molecule has 14 rings (SSSR count). The number of piperidine rings is 2. The number of benzene rings is 2. The second-order valence-electron chi connectivity index (χ2n) is 30.6. The van der Waals surface area contributed by atoms with Crippen LogP contribution in [0.1, 0.15) is 150 Å². The molecule has 8 atom stereocenters. The van der Waals surface area contributed by atoms with E-state index in [2.05, 4.69) is 20.6 Å². The molecule has 30 heteroatoms. The second kappa shape index (κ2) is 29.6. The van der Waals surface area contributed by atoms with Crippen LogP contribution in [0, 0.1) is 49.4 Å². The van der Waals surface area contributed by atoms with Gasteiger partial charge in [0.2, 0.25) is 11.8 Å². The summed E-state index contributed by atoms with van der Waals surface area (Å²) >= 11 is 0. The van der Waals surface area contributed by atoms with Crippen LogP contribution < -0.4 is 32.0 Å². The number of likely N-dealkylation sites (tertiary alicyclic amines) is 2. The van der Waals surface area contributed by atoms with Crippen LogP contribution in [0.4, 0.5) is 52.7 Å². The fourth-order valence-corrected chi connectivity index (χ4v) is 17.6. The number of aliphatic imine (C=N–C) groups is 4. The zero-order valence-electron chi connectivity index (χ0n) is 64.6. The lowest BCUT2D eigenvalue weighted by atomic mass is 9.79. The fraction of sp³-hybridized carbons (Fsp3) is 0.388. The Morgan fingerprint density at radius 2 is 0.948 bits per heavy atom. The molecule has 0 aliphatic carbocycles. The van der Waals surface area contributed by atoms with Crippen LogP contribution in [0.2, 0.25) is 0 Å². The number of allylic oxidation sites excluding steroid dienone is 10. The van der Waals surface area contributed by atoms with E-state index in [4.69, 9.17) is 29.4 Å². The van der Waals surface area contributed by atoms with E-state index in [0.717, 1.165) is 22.3 Å². The highest BCUT2D eigenvalue weighted by molar-refractivity contribution is 6.24. The maximum Gasteiger partial charge on any atom is 0.416 e. The van der Waals surface area contributed by atoms with Crippen molar-refractivity contribution in [3.63, 3.8) is 0 Å². The van der Waals surface area contributed by atoms with Crippen LogP contribution in [0.3, 0.4) is 0 Å². The Morgan fingerprint density at radius 3 is 1.41 bits per heavy atom. The zero-order valence-corrected chi connectivity index (χ0v) is 64.6. The predicted octanol–water partition coefficient (Wildman–Crippen LogP) is 13.3. The van der Waals surface area contributed by atoms with Gasteiger partial charge in [-0.15, -0.1) is 0 Å². The maximum absolute atomic E-state index is 15.6. The lowest BCUT2D eigenvalue weighted by molar-refractivity contribution is -0.150. The summed E-state index contributed by atoms with van der Waals surface area (Å²) in [6.07, 6.45) is -5.35. The number of aromatic nitrogens is 2. The number of ether oxygens (including phenoxy) is 2. The van der Waals surface area contributed by atoms with E-state index in [1.54, 1.807) is 32.1 Å². The van der Waals surface area contributed by atoms with E-state index in [1.165, 1.54) is 14.2 Å². The van der Waals surface area contributed by atoms with E-state index < -0.39 is 154 Å². The number of methoxy groups -OCH3 is 2. The topological polar surface area (TPSA) is 232 Å². The first-order valence-corrected chi connectivity index (χ1v) is 37.6. The van der Waals surface area contributed by atoms with Gasteiger partial charge in [0.05, 0.1) is 119 Å². The van der Waals surface area contributed by atoms with E-state index in [9.17, 15) is 62.3 Å². The van der Waals surface area contributed by atoms with Crippen LogP contribution in [0.25, 0.3) is 30.4 Å². The quantitative estimate of drug-likeness (QED) is 0.0499. The first-order chi connectivity index (χ1) is 54.1. The SMILES string of the molecule is CCC1=C(C)/C2=C/C3=NC(=C4/C(=O)N(Cc5cc(C(F)(F)F)cc(C(F)(F)F)c5)C(=O)C5C(C)=C(/C=c6\[nH]/c(c(C)c6/C=C\CC6=C(C)C7=NC/6=C\C6=C(C)C8C(=O)N(Cc9cc(C(F)(F)F)cc(C(F)(F)F)c9)C(=O)/C(=C9N=C(/C=c%10\[nH]/c(c(CC)c%10C)=C\7)[C@@H](C)[C@@H]/9CCC(=O)OC)C8N6)=C\C1=N2)NC45)/[C@@H](CCC(=O)OC)[C@@H]3C. The van der Waals surface area contributed by atoms with Gasteiger partial charge in [0.15, 0.2) is 0 Å². The third-order valence-electron chi connectivity index (χ3n) is 24.0. The lowest BCUT2D eigenvalue weighted by Gasteiger charge is -2.37. The van der Waals surface area contributed by atoms with Gasteiger partial charge in [0, 0.05) is 86.3 Å². The predicted molar refractivity (Wildman–Crippen MR) is 404 cm³/mol. The summed E-state index contributed by atoms with van der Waals surface area (Å²) in [5.74, 6) is -10.2. The molecule has 602 valence electrons. The molecular formula is C85H80F12N10O8. The second-order valence-corrected chi connectivity index (χ2v) is 30.6. The molecule has 16 bridgehead atoms. The van der Waals surface area contributed by atoms with Crippen molar-refractivity contribution in [2.75, 3.05) is 14.2 Å². The van der Waals surface area contributed by atoms with E-state index in [0.29, 0.717) is 147 Å². The van der Waals surface area contributed by atoms with Crippen molar-refractivity contribution in [2.45, 2.75) is 164 Å². The minimum atomic E-state index is -5.27. The minimum Gasteiger partial charge on any atom is -0.469 e. The molecule has 10 aliphatic heterocycles. The van der Waals surface area contributed by atoms with Crippen molar-refractivity contribution in [1.29, 1.82) is 0 Å². The molecule has 4 unspecified atom stereocenters. The summed E-state index contributed by atoms with van der Waals surface area (Å²) in [5, 5.41) is 9.29. The van der Waals surface area contributed by atoms with Crippen LogP contribution in [-0.2, 0) is 82.5 Å². The number of nitrogens with zero attached hydrogens (tertiary/aromatic N) is 6. The highest BCUT2D eigenvalue weighted by atomic mass is 19.4. The van der Waals surface area contributed by atoms with Crippen molar-refractivity contribution >= 4 is 88.8 Å². The number of imide groups is 2. The summed E-state index contributed by atoms with van der Waals surface area (Å²) < 4.78 is 184. The Labute approximate surface area is 651 Å². The highest BCUT2D eigenvalue weighted by Gasteiger charge is 2.55. The number of fused-ring (bicyclic) bond motifs is 10. The van der Waals surface area contributed by atoms with Crippen LogP contribution >= 0.6 is 0 Å². The smallest absolute Gasteiger partial charge is 0.416 e. The molecule has 0 saturated carbocycles. The number of carbonyl (C=O) groups excluding carboxylic acids is 6. The maximum atomic E-state index is 15.6. The van der Waals surface area contributed by atoms with Gasteiger partial charge in [-0.1, -0.05) is 39.8 Å². The molecular weight excluding hydrogens is 1520 g/mol. The Balaban J connectivity index is 0.921. The normalized spacial score (nSPS) is 26.9. The van der Waals surface area contributed by atoms with Crippen molar-refractivity contribution in [3.05, 3.63) is 210 Å². The molecule has 18 nitrogen and oxygen atoms in total. The molecule has 4 aromatic rings. The third-order valence-corrected chi connectivity index (χ3v) is 24.0. The van der Waals surface area contributed by atoms with E-state index in [-0.39, 0.29) is 66.8 Å². The van der Waals surface area contributed by atoms with E-state index in [1.807, 2.05) is 85.8 Å². The standard InChI is InChI=1S/C85H80F12N10O8/c1-13-50-36(3)56-28-60-40(7)54(18-20-68(108)114-11)74(102-60)72-76-70(78(110)106(80(72)112)34-44-22-46(82(86,87)88)26-47(23-44)83(89,90)91)42(9)62(104-76)32-66-52(38(5)58(100-66)30-64(50)98-56)16-15-17-53-39(6)59-31-65-51(14-2)37(4)57(99-65)29-61-41(8)55(19-21-69(109)115-12)75(103-61)73-77-71(43(10)63(105-77)33-67(53)101-59)79(111)107(81(73)113)35-45-24-48(84(92,93)94)27-49(25-45)85(95,96)97/h15-16,22-33,40-41,54-55,70-71,76-77,99-100,104-105H,13-14,17-21,34-35H2,1-12H3/b16-15-,56-28-,57-29-,58-30-,65-31-,66-32-,67-33-,74-72+,75-73+/t40-,41-,54-,55-,70?,71?,76?,77?/m0/s1. The largest absolute Gasteiger partial charge is 0.469 e. The highest BCUT2D eigenvalue weighted by Crippen LogP contribution is 2.49. The summed E-state index contributed by atoms with van der Waals surface area (Å²) in [6, 6.07) is -0.662. The summed E-state index contributed by atoms with van der Waals surface area (Å²) in [5.41, 5.74) is 2.64. The molecule has 2 aromatic heterocycles. The molecule has 2 aromatic carbocycles. The number of H-pyrrole nitrogens is 2. The number of esters is 2. The van der Waals surface area contributed by atoms with Crippen molar-refractivity contribution in [1.82, 2.24) is 30.4 Å². The van der Waals surface area contributed by atoms with Gasteiger partial charge in [-0.25, -0.2) is 9.98 Å². The molecule has 4 N–H and O–H groups in total. The molecule has 0 spiro atoms. The number of hydrogen-bond donors (Lipinski definition) is 4. The molecule has 4 amide bonds. The fourth-order valence-electron chi connectivity index (χ4n) is 17.6. The van der Waals surface area contributed by atoms with Gasteiger partial charge in [-0.3, -0.25) is 48.6 Å². The monoisotopic (exact) mass is 1600 g/mol. The zero-order chi connectivity index (χ0) is 83.0. The minimum absolute atomic E-state index is 0.0440. The average Bonchev–Trinajstić information content (AvgIpc) is 1.59. The van der Waals surface area contributed by atoms with Gasteiger partial charge in [0.1, 0.15) is 0 Å². The number of hydrogen-bond acceptors (Lipinski definition) is 14. The molecule has 2 saturated heterocycles.